The van der Waals surface area contributed by atoms with Crippen LogP contribution in [-0.2, 0) is 9.53 Å². The third kappa shape index (κ3) is 3.78. The Morgan fingerprint density at radius 3 is 2.25 bits per heavy atom. The number of hydrogen-bond donors (Lipinski definition) is 0. The van der Waals surface area contributed by atoms with E-state index in [1.165, 1.54) is 24.3 Å². The van der Waals surface area contributed by atoms with E-state index in [2.05, 4.69) is 0 Å². The molecule has 2 aromatic rings. The fraction of sp³-hybridized carbons (Fsp3) is 0.364. The van der Waals surface area contributed by atoms with Gasteiger partial charge in [0.15, 0.2) is 0 Å². The van der Waals surface area contributed by atoms with Gasteiger partial charge in [-0.3, -0.25) is 9.59 Å². The van der Waals surface area contributed by atoms with Gasteiger partial charge in [-0.2, -0.15) is 0 Å². The summed E-state index contributed by atoms with van der Waals surface area (Å²) in [6, 6.07) is 15.4. The van der Waals surface area contributed by atoms with E-state index in [9.17, 15) is 14.0 Å². The van der Waals surface area contributed by atoms with Crippen LogP contribution >= 0.6 is 0 Å². The van der Waals surface area contributed by atoms with Gasteiger partial charge in [0.1, 0.15) is 5.82 Å². The van der Waals surface area contributed by atoms with Crippen LogP contribution in [0.2, 0.25) is 0 Å². The van der Waals surface area contributed by atoms with Gasteiger partial charge in [-0.05, 0) is 29.8 Å². The van der Waals surface area contributed by atoms with Gasteiger partial charge in [-0.15, -0.1) is 0 Å². The summed E-state index contributed by atoms with van der Waals surface area (Å²) < 4.78 is 18.6. The average Bonchev–Trinajstić information content (AvgIpc) is 3.20. The molecule has 0 bridgehead atoms. The van der Waals surface area contributed by atoms with Crippen molar-refractivity contribution >= 4 is 11.8 Å². The molecule has 0 N–H and O–H groups in total. The second kappa shape index (κ2) is 8.10. The van der Waals surface area contributed by atoms with Gasteiger partial charge >= 0.3 is 0 Å². The van der Waals surface area contributed by atoms with Crippen molar-refractivity contribution in [3.05, 3.63) is 71.5 Å². The van der Waals surface area contributed by atoms with Gasteiger partial charge in [0.25, 0.3) is 5.91 Å². The van der Waals surface area contributed by atoms with Gasteiger partial charge in [0, 0.05) is 37.7 Å². The summed E-state index contributed by atoms with van der Waals surface area (Å²) in [7, 11) is 0. The summed E-state index contributed by atoms with van der Waals surface area (Å²) >= 11 is 0. The summed E-state index contributed by atoms with van der Waals surface area (Å²) in [6.07, 6.45) is 0. The Labute approximate surface area is 163 Å². The van der Waals surface area contributed by atoms with Crippen LogP contribution in [0.4, 0.5) is 4.39 Å². The van der Waals surface area contributed by atoms with Crippen LogP contribution in [0.25, 0.3) is 0 Å². The molecule has 0 aromatic heterocycles. The molecule has 2 aliphatic heterocycles. The molecular weight excluding hydrogens is 359 g/mol. The molecule has 0 saturated carbocycles. The lowest BCUT2D eigenvalue weighted by Gasteiger charge is -2.30. The number of rotatable bonds is 3. The molecule has 4 rings (SSSR count). The molecule has 0 radical (unpaired) electrons. The third-order valence-electron chi connectivity index (χ3n) is 5.57. The molecule has 5 nitrogen and oxygen atoms in total. The summed E-state index contributed by atoms with van der Waals surface area (Å²) in [5.41, 5.74) is 1.50. The Kier molecular flexibility index (Phi) is 5.39. The molecule has 0 aliphatic carbocycles. The summed E-state index contributed by atoms with van der Waals surface area (Å²) in [4.78, 5) is 29.7. The van der Waals surface area contributed by atoms with E-state index in [0.29, 0.717) is 45.0 Å². The molecule has 146 valence electrons. The second-order valence-corrected chi connectivity index (χ2v) is 7.28. The molecule has 2 amide bonds. The van der Waals surface area contributed by atoms with Crippen LogP contribution in [0, 0.1) is 11.7 Å². The lowest BCUT2D eigenvalue weighted by Crippen LogP contribution is -2.45. The van der Waals surface area contributed by atoms with Crippen LogP contribution in [0.15, 0.2) is 54.6 Å². The zero-order chi connectivity index (χ0) is 19.5. The predicted molar refractivity (Wildman–Crippen MR) is 102 cm³/mol. The van der Waals surface area contributed by atoms with E-state index in [0.717, 1.165) is 5.56 Å². The van der Waals surface area contributed by atoms with Crippen LogP contribution in [0.5, 0.6) is 0 Å². The molecule has 2 aromatic carbocycles. The highest BCUT2D eigenvalue weighted by Gasteiger charge is 2.42. The standard InChI is InChI=1S/C22H23FN2O3/c23-18-8-6-17(7-9-18)21(26)25-14-19(16-4-2-1-3-5-16)20(15-25)22(27)24-10-12-28-13-11-24/h1-9,19-20H,10-15H2. The number of carbonyl (C=O) groups is 2. The molecule has 6 heteroatoms. The van der Waals surface area contributed by atoms with Crippen molar-refractivity contribution in [1.29, 1.82) is 0 Å². The maximum absolute atomic E-state index is 13.2. The fourth-order valence-electron chi connectivity index (χ4n) is 4.05. The van der Waals surface area contributed by atoms with Crippen LogP contribution in [0.1, 0.15) is 21.8 Å². The highest BCUT2D eigenvalue weighted by atomic mass is 19.1. The number of halogens is 1. The number of hydrogen-bond acceptors (Lipinski definition) is 3. The lowest BCUT2D eigenvalue weighted by atomic mass is 9.88. The number of amides is 2. The van der Waals surface area contributed by atoms with E-state index >= 15 is 0 Å². The smallest absolute Gasteiger partial charge is 0.253 e. The van der Waals surface area contributed by atoms with Crippen LogP contribution in [-0.4, -0.2) is 61.0 Å². The largest absolute Gasteiger partial charge is 0.378 e. The summed E-state index contributed by atoms with van der Waals surface area (Å²) in [5.74, 6) is -0.809. The molecule has 2 fully saturated rings. The minimum absolute atomic E-state index is 0.0547. The van der Waals surface area contributed by atoms with Crippen LogP contribution < -0.4 is 0 Å². The monoisotopic (exact) mass is 382 g/mol. The first-order valence-corrected chi connectivity index (χ1v) is 9.60. The quantitative estimate of drug-likeness (QED) is 0.820. The van der Waals surface area contributed by atoms with Gasteiger partial charge in [0.2, 0.25) is 5.91 Å². The first-order valence-electron chi connectivity index (χ1n) is 9.60. The molecule has 2 unspecified atom stereocenters. The second-order valence-electron chi connectivity index (χ2n) is 7.28. The molecule has 2 saturated heterocycles. The van der Waals surface area contributed by atoms with Gasteiger partial charge in [-0.1, -0.05) is 30.3 Å². The SMILES string of the molecule is O=C(c1ccc(F)cc1)N1CC(C(=O)N2CCOCC2)C(c2ccccc2)C1. The lowest BCUT2D eigenvalue weighted by molar-refractivity contribution is -0.139. The van der Waals surface area contributed by atoms with E-state index in [1.54, 1.807) is 4.90 Å². The van der Waals surface area contributed by atoms with Gasteiger partial charge in [-0.25, -0.2) is 4.39 Å². The minimum atomic E-state index is -0.375. The Hall–Kier alpha value is -2.73. The number of ether oxygens (including phenoxy) is 1. The molecule has 0 spiro atoms. The Balaban J connectivity index is 1.58. The minimum Gasteiger partial charge on any atom is -0.378 e. The third-order valence-corrected chi connectivity index (χ3v) is 5.57. The summed E-state index contributed by atoms with van der Waals surface area (Å²) in [5, 5.41) is 0. The normalized spacial score (nSPS) is 22.3. The zero-order valence-corrected chi connectivity index (χ0v) is 15.6. The molecule has 2 atom stereocenters. The van der Waals surface area contributed by atoms with Crippen molar-refractivity contribution in [2.24, 2.45) is 5.92 Å². The number of nitrogens with zero attached hydrogens (tertiary/aromatic N) is 2. The Bertz CT molecular complexity index is 835. The van der Waals surface area contributed by atoms with Crippen molar-refractivity contribution in [3.8, 4) is 0 Å². The van der Waals surface area contributed by atoms with Crippen molar-refractivity contribution in [2.75, 3.05) is 39.4 Å². The molecule has 2 aliphatic rings. The average molecular weight is 382 g/mol. The number of benzene rings is 2. The molecular formula is C22H23FN2O3. The first-order chi connectivity index (χ1) is 13.6. The highest BCUT2D eigenvalue weighted by molar-refractivity contribution is 5.95. The Morgan fingerprint density at radius 2 is 1.57 bits per heavy atom. The topological polar surface area (TPSA) is 49.9 Å². The first kappa shape index (κ1) is 18.6. The van der Waals surface area contributed by atoms with E-state index in [4.69, 9.17) is 4.74 Å². The predicted octanol–water partition coefficient (Wildman–Crippen LogP) is 2.54. The van der Waals surface area contributed by atoms with Gasteiger partial charge in [0.05, 0.1) is 19.1 Å². The zero-order valence-electron chi connectivity index (χ0n) is 15.6. The molecule has 28 heavy (non-hydrogen) atoms. The number of carbonyl (C=O) groups excluding carboxylic acids is 2. The van der Waals surface area contributed by atoms with Crippen molar-refractivity contribution in [2.45, 2.75) is 5.92 Å². The Morgan fingerprint density at radius 1 is 0.893 bits per heavy atom. The maximum atomic E-state index is 13.2. The van der Waals surface area contributed by atoms with Crippen molar-refractivity contribution < 1.29 is 18.7 Å². The van der Waals surface area contributed by atoms with Gasteiger partial charge < -0.3 is 14.5 Å². The van der Waals surface area contributed by atoms with E-state index in [1.807, 2.05) is 35.2 Å². The fourth-order valence-corrected chi connectivity index (χ4v) is 4.05. The number of morpholine rings is 1. The van der Waals surface area contributed by atoms with E-state index in [-0.39, 0.29) is 29.5 Å². The van der Waals surface area contributed by atoms with Crippen LogP contribution in [0.3, 0.4) is 0 Å². The number of likely N-dealkylation sites (tertiary alicyclic amines) is 1. The highest BCUT2D eigenvalue weighted by Crippen LogP contribution is 2.35. The van der Waals surface area contributed by atoms with E-state index < -0.39 is 0 Å². The van der Waals surface area contributed by atoms with Crippen molar-refractivity contribution in [3.63, 3.8) is 0 Å². The maximum Gasteiger partial charge on any atom is 0.253 e. The van der Waals surface area contributed by atoms with Crippen molar-refractivity contribution in [1.82, 2.24) is 9.80 Å². The molecule has 2 heterocycles. The summed E-state index contributed by atoms with van der Waals surface area (Å²) in [6.45, 7) is 3.11.